The fraction of sp³-hybridized carbons (Fsp3) is 0. The number of hydrogen-bond acceptors (Lipinski definition) is 3. The molecule has 1 aromatic heterocycles. The van der Waals surface area contributed by atoms with Crippen molar-refractivity contribution >= 4 is 50.1 Å². The van der Waals surface area contributed by atoms with E-state index >= 15 is 0 Å². The van der Waals surface area contributed by atoms with Crippen molar-refractivity contribution in [3.05, 3.63) is 55.8 Å². The SMILES string of the molecule is N#Cc1ccc(C(=O)Nc2cc(Br)ccc2I)nc1. The number of amides is 1. The summed E-state index contributed by atoms with van der Waals surface area (Å²) >= 11 is 5.50. The lowest BCUT2D eigenvalue weighted by atomic mass is 10.2. The molecule has 0 aliphatic heterocycles. The number of aromatic nitrogens is 1. The second kappa shape index (κ2) is 6.12. The summed E-state index contributed by atoms with van der Waals surface area (Å²) in [4.78, 5) is 16.0. The number of nitrogens with one attached hydrogen (secondary N) is 1. The quantitative estimate of drug-likeness (QED) is 0.745. The van der Waals surface area contributed by atoms with E-state index < -0.39 is 0 Å². The molecule has 0 atom stereocenters. The highest BCUT2D eigenvalue weighted by atomic mass is 127. The maximum absolute atomic E-state index is 12.0. The van der Waals surface area contributed by atoms with Gasteiger partial charge in [0.05, 0.1) is 11.3 Å². The molecule has 1 N–H and O–H groups in total. The zero-order valence-electron chi connectivity index (χ0n) is 9.52. The van der Waals surface area contributed by atoms with Crippen molar-refractivity contribution in [2.75, 3.05) is 5.32 Å². The van der Waals surface area contributed by atoms with Crippen LogP contribution in [0.4, 0.5) is 5.69 Å². The molecule has 0 spiro atoms. The first-order chi connectivity index (χ1) is 9.10. The number of carbonyl (C=O) groups excluding carboxylic acids is 1. The fourth-order valence-electron chi connectivity index (χ4n) is 1.37. The van der Waals surface area contributed by atoms with Crippen molar-refractivity contribution in [3.63, 3.8) is 0 Å². The highest BCUT2D eigenvalue weighted by Gasteiger charge is 2.10. The maximum atomic E-state index is 12.0. The topological polar surface area (TPSA) is 65.8 Å². The van der Waals surface area contributed by atoms with Gasteiger partial charge in [0.15, 0.2) is 0 Å². The molecule has 4 nitrogen and oxygen atoms in total. The normalized spacial score (nSPS) is 9.74. The standard InChI is InChI=1S/C13H7BrIN3O/c14-9-2-3-10(15)12(5-9)18-13(19)11-4-1-8(6-16)7-17-11/h1-5,7H,(H,18,19). The Kier molecular flexibility index (Phi) is 4.50. The number of anilines is 1. The lowest BCUT2D eigenvalue weighted by Gasteiger charge is -2.07. The minimum atomic E-state index is -0.305. The number of nitriles is 1. The molecular weight excluding hydrogens is 421 g/mol. The predicted molar refractivity (Wildman–Crippen MR) is 83.8 cm³/mol. The summed E-state index contributed by atoms with van der Waals surface area (Å²) in [6.07, 6.45) is 1.38. The summed E-state index contributed by atoms with van der Waals surface area (Å²) in [5.41, 5.74) is 1.41. The van der Waals surface area contributed by atoms with Gasteiger partial charge in [-0.1, -0.05) is 15.9 Å². The van der Waals surface area contributed by atoms with E-state index in [1.165, 1.54) is 12.3 Å². The third-order valence-electron chi connectivity index (χ3n) is 2.30. The molecular formula is C13H7BrIN3O. The third kappa shape index (κ3) is 3.52. The summed E-state index contributed by atoms with van der Waals surface area (Å²) in [5.74, 6) is -0.305. The molecule has 2 rings (SSSR count). The van der Waals surface area contributed by atoms with Gasteiger partial charge >= 0.3 is 0 Å². The molecule has 6 heteroatoms. The Balaban J connectivity index is 2.21. The maximum Gasteiger partial charge on any atom is 0.274 e. The molecule has 19 heavy (non-hydrogen) atoms. The summed E-state index contributed by atoms with van der Waals surface area (Å²) in [7, 11) is 0. The number of carbonyl (C=O) groups is 1. The summed E-state index contributed by atoms with van der Waals surface area (Å²) in [5, 5.41) is 11.5. The summed E-state index contributed by atoms with van der Waals surface area (Å²) < 4.78 is 1.82. The monoisotopic (exact) mass is 427 g/mol. The Hall–Kier alpha value is -1.46. The molecule has 0 unspecified atom stereocenters. The van der Waals surface area contributed by atoms with Crippen molar-refractivity contribution in [1.29, 1.82) is 5.26 Å². The Morgan fingerprint density at radius 3 is 2.79 bits per heavy atom. The average Bonchev–Trinajstić information content (AvgIpc) is 2.43. The molecule has 0 saturated carbocycles. The van der Waals surface area contributed by atoms with Gasteiger partial charge in [-0.3, -0.25) is 4.79 Å². The molecule has 0 saturated heterocycles. The van der Waals surface area contributed by atoms with Crippen molar-refractivity contribution in [1.82, 2.24) is 4.98 Å². The van der Waals surface area contributed by atoms with E-state index in [0.717, 1.165) is 8.04 Å². The minimum absolute atomic E-state index is 0.273. The van der Waals surface area contributed by atoms with Gasteiger partial charge in [0.2, 0.25) is 0 Å². The molecule has 2 aromatic rings. The third-order valence-corrected chi connectivity index (χ3v) is 3.74. The smallest absolute Gasteiger partial charge is 0.274 e. The lowest BCUT2D eigenvalue weighted by molar-refractivity contribution is 0.102. The van der Waals surface area contributed by atoms with Crippen LogP contribution in [0.3, 0.4) is 0 Å². The zero-order valence-corrected chi connectivity index (χ0v) is 13.3. The molecule has 0 radical (unpaired) electrons. The van der Waals surface area contributed by atoms with Crippen LogP contribution in [0.25, 0.3) is 0 Å². The fourth-order valence-corrected chi connectivity index (χ4v) is 2.21. The van der Waals surface area contributed by atoms with Gasteiger partial charge in [0.25, 0.3) is 5.91 Å². The van der Waals surface area contributed by atoms with Crippen LogP contribution < -0.4 is 5.32 Å². The highest BCUT2D eigenvalue weighted by Crippen LogP contribution is 2.23. The van der Waals surface area contributed by atoms with Gasteiger partial charge in [-0.25, -0.2) is 4.98 Å². The van der Waals surface area contributed by atoms with Gasteiger partial charge in [-0.05, 0) is 52.9 Å². The first kappa shape index (κ1) is 14.0. The Bertz CT molecular complexity index is 665. The second-order valence-electron chi connectivity index (χ2n) is 3.62. The Morgan fingerprint density at radius 2 is 2.16 bits per heavy atom. The van der Waals surface area contributed by atoms with Crippen LogP contribution in [0.2, 0.25) is 0 Å². The van der Waals surface area contributed by atoms with E-state index in [1.54, 1.807) is 6.07 Å². The van der Waals surface area contributed by atoms with Crippen LogP contribution in [-0.2, 0) is 0 Å². The molecule has 1 aromatic carbocycles. The first-order valence-corrected chi connectivity index (χ1v) is 7.10. The highest BCUT2D eigenvalue weighted by molar-refractivity contribution is 14.1. The molecule has 0 aliphatic rings. The number of pyridine rings is 1. The first-order valence-electron chi connectivity index (χ1n) is 5.22. The average molecular weight is 428 g/mol. The zero-order chi connectivity index (χ0) is 13.8. The van der Waals surface area contributed by atoms with Crippen LogP contribution >= 0.6 is 38.5 Å². The number of halogens is 2. The predicted octanol–water partition coefficient (Wildman–Crippen LogP) is 3.57. The molecule has 1 heterocycles. The van der Waals surface area contributed by atoms with Crippen molar-refractivity contribution in [2.45, 2.75) is 0 Å². The molecule has 0 fully saturated rings. The van der Waals surface area contributed by atoms with E-state index in [1.807, 2.05) is 24.3 Å². The number of hydrogen-bond donors (Lipinski definition) is 1. The molecule has 1 amide bonds. The Morgan fingerprint density at radius 1 is 1.37 bits per heavy atom. The van der Waals surface area contributed by atoms with Gasteiger partial charge in [-0.15, -0.1) is 0 Å². The van der Waals surface area contributed by atoms with Crippen molar-refractivity contribution < 1.29 is 4.79 Å². The summed E-state index contributed by atoms with van der Waals surface area (Å²) in [6.45, 7) is 0. The van der Waals surface area contributed by atoms with Crippen molar-refractivity contribution in [2.24, 2.45) is 0 Å². The number of nitrogens with zero attached hydrogens (tertiary/aromatic N) is 2. The van der Waals surface area contributed by atoms with Crippen LogP contribution in [0, 0.1) is 14.9 Å². The van der Waals surface area contributed by atoms with Crippen LogP contribution in [-0.4, -0.2) is 10.9 Å². The lowest BCUT2D eigenvalue weighted by Crippen LogP contribution is -2.14. The van der Waals surface area contributed by atoms with Crippen molar-refractivity contribution in [3.8, 4) is 6.07 Å². The van der Waals surface area contributed by atoms with E-state index in [9.17, 15) is 4.79 Å². The Labute approximate surface area is 132 Å². The van der Waals surface area contributed by atoms with E-state index in [4.69, 9.17) is 5.26 Å². The largest absolute Gasteiger partial charge is 0.320 e. The van der Waals surface area contributed by atoms with Gasteiger partial charge in [0.1, 0.15) is 11.8 Å². The van der Waals surface area contributed by atoms with Crippen LogP contribution in [0.1, 0.15) is 16.1 Å². The van der Waals surface area contributed by atoms with Crippen LogP contribution in [0.15, 0.2) is 41.0 Å². The van der Waals surface area contributed by atoms with E-state index in [0.29, 0.717) is 11.3 Å². The molecule has 0 bridgehead atoms. The van der Waals surface area contributed by atoms with E-state index in [-0.39, 0.29) is 11.6 Å². The molecule has 94 valence electrons. The van der Waals surface area contributed by atoms with Gasteiger partial charge < -0.3 is 5.32 Å². The summed E-state index contributed by atoms with van der Waals surface area (Å²) in [6, 6.07) is 10.7. The number of benzene rings is 1. The second-order valence-corrected chi connectivity index (χ2v) is 5.70. The van der Waals surface area contributed by atoms with E-state index in [2.05, 4.69) is 48.8 Å². The number of rotatable bonds is 2. The van der Waals surface area contributed by atoms with Crippen LogP contribution in [0.5, 0.6) is 0 Å². The molecule has 0 aliphatic carbocycles. The minimum Gasteiger partial charge on any atom is -0.320 e. The van der Waals surface area contributed by atoms with Gasteiger partial charge in [-0.2, -0.15) is 5.26 Å². The van der Waals surface area contributed by atoms with Gasteiger partial charge in [0, 0.05) is 14.2 Å².